The number of hydrogen-bond acceptors (Lipinski definition) is 6. The van der Waals surface area contributed by atoms with Gasteiger partial charge in [0.2, 0.25) is 0 Å². The van der Waals surface area contributed by atoms with Crippen molar-refractivity contribution in [2.75, 3.05) is 19.8 Å². The number of aromatic amines is 1. The number of carbonyl (C=O) groups excluding carboxylic acids is 1. The maximum Gasteiger partial charge on any atom is 0.338 e. The highest BCUT2D eigenvalue weighted by Crippen LogP contribution is 2.33. The predicted octanol–water partition coefficient (Wildman–Crippen LogP) is 7.67. The minimum atomic E-state index is -0.668. The lowest BCUT2D eigenvalue weighted by molar-refractivity contribution is 0.0526. The fourth-order valence-corrected chi connectivity index (χ4v) is 5.55. The summed E-state index contributed by atoms with van der Waals surface area (Å²) >= 11 is 2.16. The van der Waals surface area contributed by atoms with Gasteiger partial charge in [0.05, 0.1) is 21.3 Å². The van der Waals surface area contributed by atoms with Crippen LogP contribution in [-0.2, 0) is 11.2 Å². The molecule has 0 unspecified atom stereocenters. The number of carbonyl (C=O) groups is 1. The van der Waals surface area contributed by atoms with E-state index in [1.807, 2.05) is 60.7 Å². The van der Waals surface area contributed by atoms with Crippen LogP contribution in [0.1, 0.15) is 36.7 Å². The van der Waals surface area contributed by atoms with Gasteiger partial charge in [0.25, 0.3) is 0 Å². The minimum absolute atomic E-state index is 0. The number of hydrogen-bond donors (Lipinski definition) is 3. The molecule has 3 N–H and O–H groups in total. The van der Waals surface area contributed by atoms with Crippen molar-refractivity contribution in [3.8, 4) is 17.2 Å². The first-order valence-corrected chi connectivity index (χ1v) is 15.1. The molecule has 0 saturated carbocycles. The fraction of sp³-hybridized carbons (Fsp3) is 0.265. The number of benzene rings is 4. The lowest BCUT2D eigenvalue weighted by Crippen LogP contribution is -2.46. The molecule has 0 saturated heterocycles. The van der Waals surface area contributed by atoms with Crippen LogP contribution < -0.4 is 14.8 Å². The van der Waals surface area contributed by atoms with Crippen LogP contribution >= 0.6 is 35.0 Å². The Kier molecular flexibility index (Phi) is 10.9. The molecule has 9 heteroatoms. The summed E-state index contributed by atoms with van der Waals surface area (Å²) < 4.78 is 18.0. The van der Waals surface area contributed by atoms with Gasteiger partial charge >= 0.3 is 5.97 Å². The molecule has 0 amide bonds. The third-order valence-electron chi connectivity index (χ3n) is 6.98. The van der Waals surface area contributed by atoms with Crippen LogP contribution in [0.25, 0.3) is 21.8 Å². The third kappa shape index (κ3) is 8.20. The van der Waals surface area contributed by atoms with Gasteiger partial charge in [-0.1, -0.05) is 36.4 Å². The summed E-state index contributed by atoms with van der Waals surface area (Å²) in [6, 6.07) is 27.3. The minimum Gasteiger partial charge on any atom is -0.490 e. The summed E-state index contributed by atoms with van der Waals surface area (Å²) in [5.41, 5.74) is 3.47. The molecule has 1 atom stereocenters. The number of esters is 1. The Balaban J connectivity index is 0.00000423. The van der Waals surface area contributed by atoms with Crippen LogP contribution in [0.5, 0.6) is 17.2 Å². The monoisotopic (exact) mass is 714 g/mol. The van der Waals surface area contributed by atoms with E-state index < -0.39 is 6.10 Å². The average molecular weight is 715 g/mol. The van der Waals surface area contributed by atoms with E-state index in [4.69, 9.17) is 14.2 Å². The molecule has 0 fully saturated rings. The van der Waals surface area contributed by atoms with Gasteiger partial charge in [-0.15, -0.1) is 12.4 Å². The molecular weight excluding hydrogens is 679 g/mol. The Morgan fingerprint density at radius 2 is 1.72 bits per heavy atom. The topological polar surface area (TPSA) is 92.8 Å². The number of aliphatic hydroxyl groups excluding tert-OH is 1. The van der Waals surface area contributed by atoms with Gasteiger partial charge in [-0.2, -0.15) is 0 Å². The van der Waals surface area contributed by atoms with Gasteiger partial charge < -0.3 is 29.6 Å². The van der Waals surface area contributed by atoms with E-state index in [0.717, 1.165) is 43.1 Å². The van der Waals surface area contributed by atoms with Crippen LogP contribution in [0.2, 0.25) is 0 Å². The summed E-state index contributed by atoms with van der Waals surface area (Å²) in [4.78, 5) is 15.4. The van der Waals surface area contributed by atoms with Crippen molar-refractivity contribution in [2.24, 2.45) is 0 Å². The summed E-state index contributed by atoms with van der Waals surface area (Å²) in [7, 11) is 0. The maximum absolute atomic E-state index is 12.0. The molecule has 0 aliphatic carbocycles. The van der Waals surface area contributed by atoms with E-state index in [9.17, 15) is 9.90 Å². The van der Waals surface area contributed by atoms with Crippen LogP contribution in [0.15, 0.2) is 84.9 Å². The van der Waals surface area contributed by atoms with E-state index in [1.54, 1.807) is 25.1 Å². The number of fused-ring (bicyclic) bond motifs is 3. The predicted molar refractivity (Wildman–Crippen MR) is 182 cm³/mol. The Labute approximate surface area is 271 Å². The molecular formula is C34H36ClIN2O5. The van der Waals surface area contributed by atoms with Crippen LogP contribution in [0.3, 0.4) is 0 Å². The summed E-state index contributed by atoms with van der Waals surface area (Å²) in [6.07, 6.45) is 0.0968. The van der Waals surface area contributed by atoms with E-state index in [1.165, 1.54) is 0 Å². The van der Waals surface area contributed by atoms with Gasteiger partial charge in [-0.05, 0) is 104 Å². The van der Waals surface area contributed by atoms with Crippen molar-refractivity contribution in [1.29, 1.82) is 0 Å². The lowest BCUT2D eigenvalue weighted by atomic mass is 9.94. The fourth-order valence-electron chi connectivity index (χ4n) is 4.93. The lowest BCUT2D eigenvalue weighted by Gasteiger charge is -2.28. The molecule has 43 heavy (non-hydrogen) atoms. The highest BCUT2D eigenvalue weighted by molar-refractivity contribution is 14.1. The molecule has 1 heterocycles. The average Bonchev–Trinajstić information content (AvgIpc) is 3.36. The molecule has 5 rings (SSSR count). The number of β-amino-alcohol motifs (C(OH)–C–C–N with tert-alkyl or cyclic N) is 1. The second kappa shape index (κ2) is 14.4. The Hall–Kier alpha value is -3.31. The number of aromatic nitrogens is 1. The molecule has 0 bridgehead atoms. The smallest absolute Gasteiger partial charge is 0.338 e. The molecule has 0 aliphatic heterocycles. The van der Waals surface area contributed by atoms with Gasteiger partial charge in [-0.25, -0.2) is 4.79 Å². The SMILES string of the molecule is CCOC(=O)c1ccc(Oc2ccc(CC(C)(C)NC[C@H](O)COc3cccc4[nH]c5ccccc5c34)cc2)c(I)c1.Cl. The number of aliphatic hydroxyl groups is 1. The zero-order valence-electron chi connectivity index (χ0n) is 24.4. The first-order valence-electron chi connectivity index (χ1n) is 14.0. The van der Waals surface area contributed by atoms with Gasteiger partial charge in [0.15, 0.2) is 0 Å². The number of ether oxygens (including phenoxy) is 3. The van der Waals surface area contributed by atoms with E-state index in [-0.39, 0.29) is 30.5 Å². The number of rotatable bonds is 12. The van der Waals surface area contributed by atoms with Crippen molar-refractivity contribution in [3.05, 3.63) is 99.6 Å². The number of nitrogens with one attached hydrogen (secondary N) is 2. The maximum atomic E-state index is 12.0. The Morgan fingerprint density at radius 1 is 0.977 bits per heavy atom. The molecule has 226 valence electrons. The number of H-pyrrole nitrogens is 1. The van der Waals surface area contributed by atoms with E-state index in [0.29, 0.717) is 30.2 Å². The zero-order chi connectivity index (χ0) is 29.7. The number of para-hydroxylation sites is 1. The van der Waals surface area contributed by atoms with Crippen LogP contribution in [0.4, 0.5) is 0 Å². The zero-order valence-corrected chi connectivity index (χ0v) is 27.3. The molecule has 4 aromatic carbocycles. The van der Waals surface area contributed by atoms with Gasteiger partial charge in [0, 0.05) is 28.4 Å². The summed E-state index contributed by atoms with van der Waals surface area (Å²) in [6.45, 7) is 6.95. The van der Waals surface area contributed by atoms with Crippen molar-refractivity contribution in [2.45, 2.75) is 38.8 Å². The first kappa shape index (κ1) is 32.6. The summed E-state index contributed by atoms with van der Waals surface area (Å²) in [5, 5.41) is 16.3. The van der Waals surface area contributed by atoms with E-state index in [2.05, 4.69) is 52.8 Å². The molecule has 0 spiro atoms. The summed E-state index contributed by atoms with van der Waals surface area (Å²) in [5.74, 6) is 1.81. The van der Waals surface area contributed by atoms with Crippen LogP contribution in [0, 0.1) is 3.57 Å². The number of halogens is 2. The van der Waals surface area contributed by atoms with Gasteiger partial charge in [0.1, 0.15) is 30.0 Å². The third-order valence-corrected chi connectivity index (χ3v) is 7.82. The van der Waals surface area contributed by atoms with Crippen molar-refractivity contribution >= 4 is 62.8 Å². The van der Waals surface area contributed by atoms with Crippen molar-refractivity contribution in [3.63, 3.8) is 0 Å². The van der Waals surface area contributed by atoms with Crippen molar-refractivity contribution < 1.29 is 24.1 Å². The second-order valence-corrected chi connectivity index (χ2v) is 12.0. The second-order valence-electron chi connectivity index (χ2n) is 10.9. The van der Waals surface area contributed by atoms with Gasteiger partial charge in [-0.3, -0.25) is 0 Å². The molecule has 0 aliphatic rings. The molecule has 5 aromatic rings. The normalized spacial score (nSPS) is 12.1. The first-order chi connectivity index (χ1) is 20.2. The highest BCUT2D eigenvalue weighted by Gasteiger charge is 2.20. The van der Waals surface area contributed by atoms with E-state index >= 15 is 0 Å². The quantitative estimate of drug-likeness (QED) is 0.0908. The van der Waals surface area contributed by atoms with Crippen LogP contribution in [-0.4, -0.2) is 47.5 Å². The Morgan fingerprint density at radius 3 is 2.47 bits per heavy atom. The highest BCUT2D eigenvalue weighted by atomic mass is 127. The molecule has 1 aromatic heterocycles. The molecule has 7 nitrogen and oxygen atoms in total. The molecule has 0 radical (unpaired) electrons. The largest absolute Gasteiger partial charge is 0.490 e. The standard InChI is InChI=1S/C34H35IN2O5.ClH/c1-4-40-33(39)23-14-17-30(27(35)18-23)42-25-15-12-22(13-16-25)19-34(2,3)36-20-24(38)21-41-31-11-7-10-29-32(31)26-8-5-6-9-28(26)37-29;/h5-18,24,36-38H,4,19-21H2,1-3H3;1H/t24-;/m0./s1. The van der Waals surface area contributed by atoms with Crippen molar-refractivity contribution in [1.82, 2.24) is 10.3 Å². The Bertz CT molecular complexity index is 1690.